The standard InChI is InChI=1S/C15H22ClNO2/c1-4-6-17(7-5-2)10-12-8-13(16)9-14(11(3)18)15(12)19/h8-9,19H,4-7,10H2,1-3H3. The summed E-state index contributed by atoms with van der Waals surface area (Å²) >= 11 is 6.02. The summed E-state index contributed by atoms with van der Waals surface area (Å²) in [6, 6.07) is 3.26. The fraction of sp³-hybridized carbons (Fsp3) is 0.533. The lowest BCUT2D eigenvalue weighted by molar-refractivity contribution is 0.101. The second kappa shape index (κ2) is 7.51. The Labute approximate surface area is 120 Å². The molecule has 0 saturated heterocycles. The second-order valence-electron chi connectivity index (χ2n) is 4.79. The highest BCUT2D eigenvalue weighted by atomic mass is 35.5. The molecule has 0 aromatic heterocycles. The fourth-order valence-corrected chi connectivity index (χ4v) is 2.43. The number of phenols is 1. The van der Waals surface area contributed by atoms with Gasteiger partial charge in [0.05, 0.1) is 5.56 Å². The maximum Gasteiger partial charge on any atom is 0.163 e. The molecule has 1 aromatic rings. The number of hydrogen-bond acceptors (Lipinski definition) is 3. The zero-order chi connectivity index (χ0) is 14.4. The van der Waals surface area contributed by atoms with Gasteiger partial charge >= 0.3 is 0 Å². The molecule has 0 saturated carbocycles. The number of ketones is 1. The maximum absolute atomic E-state index is 11.5. The quantitative estimate of drug-likeness (QED) is 0.772. The molecule has 0 heterocycles. The van der Waals surface area contributed by atoms with Gasteiger partial charge < -0.3 is 5.11 Å². The van der Waals surface area contributed by atoms with Crippen LogP contribution in [-0.2, 0) is 6.54 Å². The highest BCUT2D eigenvalue weighted by Crippen LogP contribution is 2.28. The van der Waals surface area contributed by atoms with E-state index in [0.717, 1.165) is 31.5 Å². The first-order chi connectivity index (χ1) is 8.99. The minimum absolute atomic E-state index is 0.0640. The van der Waals surface area contributed by atoms with Crippen LogP contribution in [0.2, 0.25) is 5.02 Å². The minimum atomic E-state index is -0.168. The van der Waals surface area contributed by atoms with Crippen LogP contribution in [0.1, 0.15) is 49.5 Å². The zero-order valence-corrected chi connectivity index (χ0v) is 12.6. The number of benzene rings is 1. The summed E-state index contributed by atoms with van der Waals surface area (Å²) in [5, 5.41) is 10.7. The molecular formula is C15H22ClNO2. The van der Waals surface area contributed by atoms with Crippen LogP contribution in [-0.4, -0.2) is 28.9 Å². The highest BCUT2D eigenvalue weighted by molar-refractivity contribution is 6.31. The van der Waals surface area contributed by atoms with E-state index in [2.05, 4.69) is 18.7 Å². The molecule has 0 atom stereocenters. The number of carbonyl (C=O) groups excluding carboxylic acids is 1. The van der Waals surface area contributed by atoms with Gasteiger partial charge in [-0.3, -0.25) is 9.69 Å². The van der Waals surface area contributed by atoms with Gasteiger partial charge in [0.2, 0.25) is 0 Å². The van der Waals surface area contributed by atoms with Crippen LogP contribution >= 0.6 is 11.6 Å². The van der Waals surface area contributed by atoms with E-state index in [0.29, 0.717) is 17.1 Å². The van der Waals surface area contributed by atoms with Crippen molar-refractivity contribution in [2.45, 2.75) is 40.2 Å². The fourth-order valence-electron chi connectivity index (χ4n) is 2.19. The van der Waals surface area contributed by atoms with Crippen molar-refractivity contribution >= 4 is 17.4 Å². The number of rotatable bonds is 7. The van der Waals surface area contributed by atoms with Gasteiger partial charge in [-0.25, -0.2) is 0 Å². The topological polar surface area (TPSA) is 40.5 Å². The van der Waals surface area contributed by atoms with Gasteiger partial charge in [0, 0.05) is 17.1 Å². The number of carbonyl (C=O) groups is 1. The Morgan fingerprint density at radius 2 is 1.84 bits per heavy atom. The summed E-state index contributed by atoms with van der Waals surface area (Å²) in [6.07, 6.45) is 2.11. The summed E-state index contributed by atoms with van der Waals surface area (Å²) in [7, 11) is 0. The van der Waals surface area contributed by atoms with Gasteiger partial charge in [-0.1, -0.05) is 25.4 Å². The Morgan fingerprint density at radius 1 is 1.26 bits per heavy atom. The Balaban J connectivity index is 3.02. The molecule has 0 radical (unpaired) electrons. The molecule has 0 bridgehead atoms. The van der Waals surface area contributed by atoms with Gasteiger partial charge in [0.15, 0.2) is 5.78 Å². The van der Waals surface area contributed by atoms with Crippen LogP contribution in [0, 0.1) is 0 Å². The first-order valence-corrected chi connectivity index (χ1v) is 7.12. The Hall–Kier alpha value is -1.06. The number of nitrogens with zero attached hydrogens (tertiary/aromatic N) is 1. The van der Waals surface area contributed by atoms with Crippen molar-refractivity contribution in [2.75, 3.05) is 13.1 Å². The molecule has 0 fully saturated rings. The van der Waals surface area contributed by atoms with E-state index in [1.165, 1.54) is 13.0 Å². The van der Waals surface area contributed by atoms with Gasteiger partial charge in [-0.05, 0) is 45.0 Å². The van der Waals surface area contributed by atoms with E-state index in [1.807, 2.05) is 0 Å². The average Bonchev–Trinajstić information content (AvgIpc) is 2.33. The number of aromatic hydroxyl groups is 1. The van der Waals surface area contributed by atoms with Crippen molar-refractivity contribution in [3.05, 3.63) is 28.3 Å². The molecule has 1 aromatic carbocycles. The van der Waals surface area contributed by atoms with Crippen LogP contribution in [0.25, 0.3) is 0 Å². The molecule has 0 spiro atoms. The first kappa shape index (κ1) is 16.0. The van der Waals surface area contributed by atoms with Crippen molar-refractivity contribution in [1.29, 1.82) is 0 Å². The lowest BCUT2D eigenvalue weighted by Gasteiger charge is -2.22. The first-order valence-electron chi connectivity index (χ1n) is 6.74. The van der Waals surface area contributed by atoms with E-state index >= 15 is 0 Å². The maximum atomic E-state index is 11.5. The Kier molecular flexibility index (Phi) is 6.32. The largest absolute Gasteiger partial charge is 0.507 e. The zero-order valence-electron chi connectivity index (χ0n) is 11.9. The van der Waals surface area contributed by atoms with E-state index < -0.39 is 0 Å². The van der Waals surface area contributed by atoms with E-state index in [4.69, 9.17) is 11.6 Å². The Bertz CT molecular complexity index is 440. The molecule has 0 aliphatic heterocycles. The second-order valence-corrected chi connectivity index (χ2v) is 5.23. The molecule has 0 aliphatic carbocycles. The van der Waals surface area contributed by atoms with Gasteiger partial charge in [0.1, 0.15) is 5.75 Å². The molecule has 0 unspecified atom stereocenters. The van der Waals surface area contributed by atoms with Crippen molar-refractivity contribution in [3.8, 4) is 5.75 Å². The molecule has 4 heteroatoms. The summed E-state index contributed by atoms with van der Waals surface area (Å²) in [4.78, 5) is 13.7. The SMILES string of the molecule is CCCN(CCC)Cc1cc(Cl)cc(C(C)=O)c1O. The van der Waals surface area contributed by atoms with E-state index in [1.54, 1.807) is 6.07 Å². The number of Topliss-reactive ketones (excluding diaryl/α,β-unsaturated/α-hetero) is 1. The van der Waals surface area contributed by atoms with Crippen molar-refractivity contribution in [1.82, 2.24) is 4.90 Å². The smallest absolute Gasteiger partial charge is 0.163 e. The van der Waals surface area contributed by atoms with E-state index in [9.17, 15) is 9.90 Å². The summed E-state index contributed by atoms with van der Waals surface area (Å²) < 4.78 is 0. The Morgan fingerprint density at radius 3 is 2.32 bits per heavy atom. The van der Waals surface area contributed by atoms with Crippen LogP contribution < -0.4 is 0 Å². The van der Waals surface area contributed by atoms with Crippen LogP contribution in [0.15, 0.2) is 12.1 Å². The molecule has 0 amide bonds. The van der Waals surface area contributed by atoms with Crippen molar-refractivity contribution in [3.63, 3.8) is 0 Å². The number of hydrogen-bond donors (Lipinski definition) is 1. The lowest BCUT2D eigenvalue weighted by atomic mass is 10.1. The predicted molar refractivity (Wildman–Crippen MR) is 79.0 cm³/mol. The minimum Gasteiger partial charge on any atom is -0.507 e. The third-order valence-electron chi connectivity index (χ3n) is 3.01. The average molecular weight is 284 g/mol. The summed E-state index contributed by atoms with van der Waals surface area (Å²) in [5.74, 6) is -0.104. The van der Waals surface area contributed by atoms with Crippen LogP contribution in [0.3, 0.4) is 0 Å². The predicted octanol–water partition coefficient (Wildman–Crippen LogP) is 3.87. The van der Waals surface area contributed by atoms with Crippen LogP contribution in [0.5, 0.6) is 5.75 Å². The third kappa shape index (κ3) is 4.51. The molecular weight excluding hydrogens is 262 g/mol. The highest BCUT2D eigenvalue weighted by Gasteiger charge is 2.15. The summed E-state index contributed by atoms with van der Waals surface area (Å²) in [5.41, 5.74) is 1.02. The number of phenolic OH excluding ortho intramolecular Hbond substituents is 1. The van der Waals surface area contributed by atoms with Gasteiger partial charge in [-0.15, -0.1) is 0 Å². The molecule has 1 N–H and O–H groups in total. The van der Waals surface area contributed by atoms with E-state index in [-0.39, 0.29) is 11.5 Å². The summed E-state index contributed by atoms with van der Waals surface area (Å²) in [6.45, 7) is 8.24. The number of halogens is 1. The normalized spacial score (nSPS) is 11.0. The lowest BCUT2D eigenvalue weighted by Crippen LogP contribution is -2.25. The molecule has 106 valence electrons. The molecule has 19 heavy (non-hydrogen) atoms. The van der Waals surface area contributed by atoms with Crippen molar-refractivity contribution < 1.29 is 9.90 Å². The van der Waals surface area contributed by atoms with Gasteiger partial charge in [-0.2, -0.15) is 0 Å². The third-order valence-corrected chi connectivity index (χ3v) is 3.22. The van der Waals surface area contributed by atoms with Crippen molar-refractivity contribution in [2.24, 2.45) is 0 Å². The molecule has 0 aliphatic rings. The van der Waals surface area contributed by atoms with Crippen LogP contribution in [0.4, 0.5) is 0 Å². The monoisotopic (exact) mass is 283 g/mol. The molecule has 1 rings (SSSR count). The molecule has 3 nitrogen and oxygen atoms in total. The van der Waals surface area contributed by atoms with Gasteiger partial charge in [0.25, 0.3) is 0 Å².